The molecule has 104 valence electrons. The van der Waals surface area contributed by atoms with E-state index in [4.69, 9.17) is 4.74 Å². The van der Waals surface area contributed by atoms with Crippen LogP contribution in [0.4, 0.5) is 0 Å². The first kappa shape index (κ1) is 14.1. The highest BCUT2D eigenvalue weighted by atomic mass is 16.5. The standard InChI is InChI=1S/C17H24O2/c1-4-17(18)14-6-9-15(10-7-14)19-16-8-5-12(2)13(3)11-16/h6-7,9-10,12-13,16H,4-5,8,11H2,1-3H3. The summed E-state index contributed by atoms with van der Waals surface area (Å²) in [6.07, 6.45) is 4.41. The van der Waals surface area contributed by atoms with E-state index in [1.54, 1.807) is 0 Å². The van der Waals surface area contributed by atoms with E-state index in [2.05, 4.69) is 13.8 Å². The molecule has 19 heavy (non-hydrogen) atoms. The minimum Gasteiger partial charge on any atom is -0.490 e. The van der Waals surface area contributed by atoms with Gasteiger partial charge in [-0.25, -0.2) is 0 Å². The molecule has 1 aromatic rings. The zero-order valence-corrected chi connectivity index (χ0v) is 12.2. The van der Waals surface area contributed by atoms with Crippen LogP contribution in [-0.2, 0) is 0 Å². The molecule has 1 aliphatic rings. The van der Waals surface area contributed by atoms with E-state index in [0.717, 1.165) is 36.0 Å². The molecule has 0 spiro atoms. The summed E-state index contributed by atoms with van der Waals surface area (Å²) in [5, 5.41) is 0. The van der Waals surface area contributed by atoms with Crippen LogP contribution in [0.25, 0.3) is 0 Å². The van der Waals surface area contributed by atoms with Crippen molar-refractivity contribution in [1.29, 1.82) is 0 Å². The van der Waals surface area contributed by atoms with Crippen molar-refractivity contribution < 1.29 is 9.53 Å². The molecule has 1 saturated carbocycles. The molecule has 3 atom stereocenters. The van der Waals surface area contributed by atoms with E-state index in [1.165, 1.54) is 6.42 Å². The highest BCUT2D eigenvalue weighted by Gasteiger charge is 2.25. The molecule has 0 amide bonds. The van der Waals surface area contributed by atoms with Crippen LogP contribution in [0, 0.1) is 11.8 Å². The second-order valence-corrected chi connectivity index (χ2v) is 5.81. The van der Waals surface area contributed by atoms with Crippen LogP contribution in [-0.4, -0.2) is 11.9 Å². The van der Waals surface area contributed by atoms with E-state index < -0.39 is 0 Å². The summed E-state index contributed by atoms with van der Waals surface area (Å²) in [4.78, 5) is 11.6. The zero-order chi connectivity index (χ0) is 13.8. The number of carbonyl (C=O) groups is 1. The average molecular weight is 260 g/mol. The second-order valence-electron chi connectivity index (χ2n) is 5.81. The largest absolute Gasteiger partial charge is 0.490 e. The van der Waals surface area contributed by atoms with Gasteiger partial charge in [-0.3, -0.25) is 4.79 Å². The predicted molar refractivity (Wildman–Crippen MR) is 77.7 cm³/mol. The first-order valence-electron chi connectivity index (χ1n) is 7.40. The maximum absolute atomic E-state index is 11.6. The van der Waals surface area contributed by atoms with Crippen molar-refractivity contribution in [2.45, 2.75) is 52.6 Å². The Balaban J connectivity index is 1.94. The van der Waals surface area contributed by atoms with Crippen molar-refractivity contribution in [3.05, 3.63) is 29.8 Å². The quantitative estimate of drug-likeness (QED) is 0.746. The fraction of sp³-hybridized carbons (Fsp3) is 0.588. The molecular weight excluding hydrogens is 236 g/mol. The van der Waals surface area contributed by atoms with Crippen molar-refractivity contribution in [2.24, 2.45) is 11.8 Å². The van der Waals surface area contributed by atoms with Crippen molar-refractivity contribution in [1.82, 2.24) is 0 Å². The van der Waals surface area contributed by atoms with Crippen molar-refractivity contribution in [3.63, 3.8) is 0 Å². The van der Waals surface area contributed by atoms with Crippen LogP contribution in [0.3, 0.4) is 0 Å². The molecule has 1 fully saturated rings. The molecule has 3 unspecified atom stereocenters. The minimum absolute atomic E-state index is 0.187. The lowest BCUT2D eigenvalue weighted by Gasteiger charge is -2.32. The first-order valence-corrected chi connectivity index (χ1v) is 7.40. The Morgan fingerprint density at radius 1 is 1.16 bits per heavy atom. The summed E-state index contributed by atoms with van der Waals surface area (Å²) in [5.41, 5.74) is 0.778. The normalized spacial score (nSPS) is 27.0. The third-order valence-corrected chi connectivity index (χ3v) is 4.35. The zero-order valence-electron chi connectivity index (χ0n) is 12.2. The Bertz CT molecular complexity index is 421. The SMILES string of the molecule is CCC(=O)c1ccc(OC2CCC(C)C(C)C2)cc1. The maximum atomic E-state index is 11.6. The predicted octanol–water partition coefficient (Wildman–Crippen LogP) is 4.48. The number of benzene rings is 1. The Labute approximate surface area is 116 Å². The molecule has 0 N–H and O–H groups in total. The van der Waals surface area contributed by atoms with Crippen molar-refractivity contribution >= 4 is 5.78 Å². The van der Waals surface area contributed by atoms with Crippen LogP contribution in [0.2, 0.25) is 0 Å². The van der Waals surface area contributed by atoms with Crippen LogP contribution < -0.4 is 4.74 Å². The molecule has 2 heteroatoms. The minimum atomic E-state index is 0.187. The first-order chi connectivity index (χ1) is 9.10. The summed E-state index contributed by atoms with van der Waals surface area (Å²) in [6.45, 7) is 6.52. The summed E-state index contributed by atoms with van der Waals surface area (Å²) in [7, 11) is 0. The van der Waals surface area contributed by atoms with Crippen LogP contribution >= 0.6 is 0 Å². The summed E-state index contributed by atoms with van der Waals surface area (Å²) in [5.74, 6) is 2.62. The number of Topliss-reactive ketones (excluding diaryl/α,β-unsaturated/α-hetero) is 1. The van der Waals surface area contributed by atoms with Gasteiger partial charge in [-0.1, -0.05) is 20.8 Å². The number of hydrogen-bond acceptors (Lipinski definition) is 2. The lowest BCUT2D eigenvalue weighted by atomic mass is 9.80. The summed E-state index contributed by atoms with van der Waals surface area (Å²) >= 11 is 0. The molecular formula is C17H24O2. The molecule has 2 rings (SSSR count). The highest BCUT2D eigenvalue weighted by Crippen LogP contribution is 2.31. The van der Waals surface area contributed by atoms with E-state index in [1.807, 2.05) is 31.2 Å². The third kappa shape index (κ3) is 3.59. The molecule has 0 aromatic heterocycles. The van der Waals surface area contributed by atoms with Crippen LogP contribution in [0.15, 0.2) is 24.3 Å². The van der Waals surface area contributed by atoms with Crippen molar-refractivity contribution in [3.8, 4) is 5.75 Å². The van der Waals surface area contributed by atoms with Crippen LogP contribution in [0.5, 0.6) is 5.75 Å². The number of rotatable bonds is 4. The number of carbonyl (C=O) groups excluding carboxylic acids is 1. The highest BCUT2D eigenvalue weighted by molar-refractivity contribution is 5.95. The molecule has 0 saturated heterocycles. The van der Waals surface area contributed by atoms with E-state index in [9.17, 15) is 4.79 Å². The Morgan fingerprint density at radius 2 is 1.84 bits per heavy atom. The summed E-state index contributed by atoms with van der Waals surface area (Å²) < 4.78 is 6.03. The van der Waals surface area contributed by atoms with Gasteiger partial charge < -0.3 is 4.74 Å². The van der Waals surface area contributed by atoms with Gasteiger partial charge in [-0.15, -0.1) is 0 Å². The topological polar surface area (TPSA) is 26.3 Å². The molecule has 1 aliphatic carbocycles. The van der Waals surface area contributed by atoms with E-state index >= 15 is 0 Å². The molecule has 1 aromatic carbocycles. The fourth-order valence-electron chi connectivity index (χ4n) is 2.72. The smallest absolute Gasteiger partial charge is 0.162 e. The monoisotopic (exact) mass is 260 g/mol. The van der Waals surface area contributed by atoms with Gasteiger partial charge in [-0.2, -0.15) is 0 Å². The Kier molecular flexibility index (Phi) is 4.62. The number of ether oxygens (including phenoxy) is 1. The lowest BCUT2D eigenvalue weighted by molar-refractivity contribution is 0.0985. The van der Waals surface area contributed by atoms with Gasteiger partial charge in [0.25, 0.3) is 0 Å². The van der Waals surface area contributed by atoms with Gasteiger partial charge in [0.2, 0.25) is 0 Å². The van der Waals surface area contributed by atoms with Gasteiger partial charge in [-0.05, 0) is 55.4 Å². The van der Waals surface area contributed by atoms with E-state index in [-0.39, 0.29) is 5.78 Å². The third-order valence-electron chi connectivity index (χ3n) is 4.35. The van der Waals surface area contributed by atoms with E-state index in [0.29, 0.717) is 12.5 Å². The van der Waals surface area contributed by atoms with Crippen LogP contribution in [0.1, 0.15) is 56.8 Å². The molecule has 0 heterocycles. The maximum Gasteiger partial charge on any atom is 0.162 e. The molecule has 0 radical (unpaired) electrons. The second kappa shape index (κ2) is 6.23. The Hall–Kier alpha value is -1.31. The molecule has 2 nitrogen and oxygen atoms in total. The molecule has 0 bridgehead atoms. The summed E-state index contributed by atoms with van der Waals surface area (Å²) in [6, 6.07) is 7.59. The van der Waals surface area contributed by atoms with Gasteiger partial charge in [0.05, 0.1) is 6.10 Å². The van der Waals surface area contributed by atoms with Crippen molar-refractivity contribution in [2.75, 3.05) is 0 Å². The average Bonchev–Trinajstić information content (AvgIpc) is 2.43. The lowest BCUT2D eigenvalue weighted by Crippen LogP contribution is -2.28. The number of ketones is 1. The van der Waals surface area contributed by atoms with Gasteiger partial charge >= 0.3 is 0 Å². The number of hydrogen-bond donors (Lipinski definition) is 0. The Morgan fingerprint density at radius 3 is 2.42 bits per heavy atom. The molecule has 0 aliphatic heterocycles. The van der Waals surface area contributed by atoms with Gasteiger partial charge in [0, 0.05) is 12.0 Å². The van der Waals surface area contributed by atoms with Gasteiger partial charge in [0.1, 0.15) is 5.75 Å². The van der Waals surface area contributed by atoms with Gasteiger partial charge in [0.15, 0.2) is 5.78 Å². The fourth-order valence-corrected chi connectivity index (χ4v) is 2.72.